The van der Waals surface area contributed by atoms with Gasteiger partial charge in [0.25, 0.3) is 15.9 Å². The molecule has 1 aliphatic rings. The zero-order valence-electron chi connectivity index (χ0n) is 17.1. The van der Waals surface area contributed by atoms with Crippen molar-refractivity contribution >= 4 is 44.0 Å². The molecular weight excluding hydrogens is 436 g/mol. The van der Waals surface area contributed by atoms with Crippen LogP contribution >= 0.6 is 11.3 Å². The summed E-state index contributed by atoms with van der Waals surface area (Å²) in [5.74, 6) is -0.662. The second kappa shape index (κ2) is 7.88. The number of aryl methyl sites for hydroxylation is 2. The normalized spacial score (nSPS) is 14.9. The number of carbonyl (C=O) groups is 2. The summed E-state index contributed by atoms with van der Waals surface area (Å²) in [4.78, 5) is 33.3. The average Bonchev–Trinajstić information content (AvgIpc) is 3.16. The molecule has 0 aliphatic carbocycles. The largest absolute Gasteiger partial charge is 0.274 e. The maximum Gasteiger partial charge on any atom is 0.270 e. The van der Waals surface area contributed by atoms with E-state index in [2.05, 4.69) is 9.82 Å². The molecule has 2 aromatic carbocycles. The highest BCUT2D eigenvalue weighted by atomic mass is 32.2. The number of rotatable bonds is 4. The van der Waals surface area contributed by atoms with E-state index < -0.39 is 15.9 Å². The summed E-state index contributed by atoms with van der Waals surface area (Å²) in [6, 6.07) is 11.8. The van der Waals surface area contributed by atoms with Crippen LogP contribution in [0.5, 0.6) is 0 Å². The number of aromatic nitrogens is 1. The zero-order chi connectivity index (χ0) is 22.3. The number of hydrogen-bond acceptors (Lipinski definition) is 6. The fraction of sp³-hybridized carbons (Fsp3) is 0.190. The highest BCUT2D eigenvalue weighted by Crippen LogP contribution is 2.31. The summed E-state index contributed by atoms with van der Waals surface area (Å²) in [6.07, 6.45) is 0. The number of hydrogen-bond donors (Lipinski definition) is 1. The number of fused-ring (bicyclic) bond motifs is 1. The Labute approximate surface area is 184 Å². The van der Waals surface area contributed by atoms with Crippen LogP contribution in [0.2, 0.25) is 0 Å². The maximum absolute atomic E-state index is 12.8. The minimum absolute atomic E-state index is 0.0484. The molecule has 0 spiro atoms. The highest BCUT2D eigenvalue weighted by molar-refractivity contribution is 7.89. The lowest BCUT2D eigenvalue weighted by Gasteiger charge is -2.28. The number of hydrazine groups is 1. The molecule has 2 heterocycles. The molecule has 160 valence electrons. The van der Waals surface area contributed by atoms with Gasteiger partial charge in [0.1, 0.15) is 0 Å². The molecule has 3 aromatic rings. The third-order valence-electron chi connectivity index (χ3n) is 5.00. The Hall–Kier alpha value is -3.08. The lowest BCUT2D eigenvalue weighted by atomic mass is 10.1. The Bertz CT molecular complexity index is 1300. The van der Waals surface area contributed by atoms with E-state index in [0.717, 1.165) is 16.1 Å². The van der Waals surface area contributed by atoms with E-state index in [9.17, 15) is 18.0 Å². The van der Waals surface area contributed by atoms with Crippen LogP contribution in [0.25, 0.3) is 0 Å². The van der Waals surface area contributed by atoms with Crippen LogP contribution in [-0.2, 0) is 21.4 Å². The first kappa shape index (κ1) is 21.2. The smallest absolute Gasteiger partial charge is 0.270 e. The van der Waals surface area contributed by atoms with Crippen LogP contribution in [0.4, 0.5) is 10.8 Å². The van der Waals surface area contributed by atoms with Gasteiger partial charge in [-0.25, -0.2) is 13.4 Å². The number of benzene rings is 2. The predicted octanol–water partition coefficient (Wildman–Crippen LogP) is 3.29. The van der Waals surface area contributed by atoms with Gasteiger partial charge in [-0.3, -0.25) is 19.5 Å². The number of nitrogens with one attached hydrogen (secondary N) is 1. The van der Waals surface area contributed by atoms with Crippen molar-refractivity contribution in [3.63, 3.8) is 0 Å². The topological polar surface area (TPSA) is 99.7 Å². The number of nitrogens with zero attached hydrogens (tertiary/aromatic N) is 3. The second-order valence-electron chi connectivity index (χ2n) is 7.23. The van der Waals surface area contributed by atoms with E-state index in [-0.39, 0.29) is 22.9 Å². The van der Waals surface area contributed by atoms with Gasteiger partial charge in [0, 0.05) is 12.3 Å². The average molecular weight is 457 g/mol. The minimum Gasteiger partial charge on any atom is -0.274 e. The molecule has 1 aromatic heterocycles. The van der Waals surface area contributed by atoms with Gasteiger partial charge in [0.2, 0.25) is 5.91 Å². The zero-order valence-corrected chi connectivity index (χ0v) is 18.8. The number of carbonyl (C=O) groups excluding carboxylic acids is 2. The van der Waals surface area contributed by atoms with Crippen LogP contribution in [0, 0.1) is 13.8 Å². The van der Waals surface area contributed by atoms with Crippen molar-refractivity contribution in [2.75, 3.05) is 4.90 Å². The first-order valence-corrected chi connectivity index (χ1v) is 11.8. The fourth-order valence-corrected chi connectivity index (χ4v) is 5.40. The lowest BCUT2D eigenvalue weighted by molar-refractivity contribution is -0.115. The molecule has 0 atom stereocenters. The maximum atomic E-state index is 12.8. The van der Waals surface area contributed by atoms with Crippen LogP contribution in [0.3, 0.4) is 0 Å². The molecule has 0 bridgehead atoms. The van der Waals surface area contributed by atoms with E-state index in [1.165, 1.54) is 35.3 Å². The quantitative estimate of drug-likeness (QED) is 0.649. The summed E-state index contributed by atoms with van der Waals surface area (Å²) in [6.45, 7) is 5.35. The van der Waals surface area contributed by atoms with Gasteiger partial charge in [-0.1, -0.05) is 18.2 Å². The first-order chi connectivity index (χ1) is 14.7. The Morgan fingerprint density at radius 2 is 1.90 bits per heavy atom. The van der Waals surface area contributed by atoms with Crippen LogP contribution in [0.15, 0.2) is 52.7 Å². The van der Waals surface area contributed by atoms with Crippen molar-refractivity contribution in [2.24, 2.45) is 0 Å². The molecular formula is C21H20N4O4S2. The molecule has 8 nitrogen and oxygen atoms in total. The van der Waals surface area contributed by atoms with Gasteiger partial charge in [-0.15, -0.1) is 16.2 Å². The molecule has 1 aliphatic heterocycles. The van der Waals surface area contributed by atoms with Gasteiger partial charge in [0.15, 0.2) is 5.13 Å². The molecule has 1 N–H and O–H groups in total. The van der Waals surface area contributed by atoms with E-state index in [0.29, 0.717) is 16.5 Å². The molecule has 10 heteroatoms. The fourth-order valence-electron chi connectivity index (χ4n) is 3.29. The van der Waals surface area contributed by atoms with Crippen LogP contribution < -0.4 is 9.73 Å². The third kappa shape index (κ3) is 3.97. The molecule has 0 fully saturated rings. The van der Waals surface area contributed by atoms with Crippen LogP contribution in [0.1, 0.15) is 34.1 Å². The number of thiazole rings is 1. The SMILES string of the molecule is CC(=O)N(c1ccc(C)c(C)c1)c1nc(CN2NS(=O)(=O)c3ccccc3C2=O)cs1. The Kier molecular flexibility index (Phi) is 5.38. The van der Waals surface area contributed by atoms with E-state index in [1.807, 2.05) is 32.0 Å². The van der Waals surface area contributed by atoms with E-state index >= 15 is 0 Å². The first-order valence-electron chi connectivity index (χ1n) is 9.43. The Morgan fingerprint density at radius 3 is 2.61 bits per heavy atom. The highest BCUT2D eigenvalue weighted by Gasteiger charge is 2.34. The van der Waals surface area contributed by atoms with Gasteiger partial charge >= 0.3 is 0 Å². The molecule has 0 saturated heterocycles. The number of sulfonamides is 1. The number of anilines is 2. The summed E-state index contributed by atoms with van der Waals surface area (Å²) >= 11 is 1.24. The summed E-state index contributed by atoms with van der Waals surface area (Å²) in [7, 11) is -3.85. The number of amides is 2. The van der Waals surface area contributed by atoms with E-state index in [1.54, 1.807) is 17.5 Å². The monoisotopic (exact) mass is 456 g/mol. The molecule has 0 saturated carbocycles. The third-order valence-corrected chi connectivity index (χ3v) is 7.27. The molecule has 31 heavy (non-hydrogen) atoms. The summed E-state index contributed by atoms with van der Waals surface area (Å²) in [5, 5.41) is 3.16. The standard InChI is InChI=1S/C21H20N4O4S2/c1-13-8-9-17(10-14(13)2)25(15(3)26)21-22-16(12-30-21)11-24-20(27)18-6-4-5-7-19(18)31(28,29)23-24/h4-10,12,23H,11H2,1-3H3. The lowest BCUT2D eigenvalue weighted by Crippen LogP contribution is -2.49. The van der Waals surface area contributed by atoms with Crippen molar-refractivity contribution in [3.8, 4) is 0 Å². The van der Waals surface area contributed by atoms with Gasteiger partial charge in [-0.2, -0.15) is 0 Å². The van der Waals surface area contributed by atoms with Crippen molar-refractivity contribution in [2.45, 2.75) is 32.2 Å². The predicted molar refractivity (Wildman–Crippen MR) is 117 cm³/mol. The van der Waals surface area contributed by atoms with Gasteiger partial charge in [-0.05, 0) is 49.2 Å². The second-order valence-corrected chi connectivity index (χ2v) is 9.69. The van der Waals surface area contributed by atoms with Crippen LogP contribution in [-0.4, -0.2) is 30.2 Å². The molecule has 4 rings (SSSR count). The van der Waals surface area contributed by atoms with Crippen molar-refractivity contribution < 1.29 is 18.0 Å². The summed E-state index contributed by atoms with van der Waals surface area (Å²) < 4.78 is 25.0. The van der Waals surface area contributed by atoms with Crippen molar-refractivity contribution in [1.82, 2.24) is 14.8 Å². The minimum atomic E-state index is -3.85. The van der Waals surface area contributed by atoms with Gasteiger partial charge in [0.05, 0.1) is 28.4 Å². The molecule has 0 radical (unpaired) electrons. The van der Waals surface area contributed by atoms with Gasteiger partial charge < -0.3 is 0 Å². The van der Waals surface area contributed by atoms with Crippen molar-refractivity contribution in [3.05, 3.63) is 70.2 Å². The van der Waals surface area contributed by atoms with E-state index in [4.69, 9.17) is 0 Å². The molecule has 0 unspecified atom stereocenters. The Balaban J connectivity index is 1.62. The summed E-state index contributed by atoms with van der Waals surface area (Å²) in [5.41, 5.74) is 3.43. The Morgan fingerprint density at radius 1 is 1.16 bits per heavy atom. The van der Waals surface area contributed by atoms with Crippen molar-refractivity contribution in [1.29, 1.82) is 0 Å². The molecule has 2 amide bonds.